The van der Waals surface area contributed by atoms with E-state index in [1.165, 1.54) is 34.9 Å². The van der Waals surface area contributed by atoms with E-state index in [9.17, 15) is 12.8 Å². The van der Waals surface area contributed by atoms with E-state index in [4.69, 9.17) is 11.6 Å². The van der Waals surface area contributed by atoms with Crippen molar-refractivity contribution in [1.29, 1.82) is 0 Å². The summed E-state index contributed by atoms with van der Waals surface area (Å²) in [7, 11) is -3.93. The molecule has 0 aliphatic heterocycles. The summed E-state index contributed by atoms with van der Waals surface area (Å²) in [5.74, 6) is -0.434. The molecule has 0 amide bonds. The van der Waals surface area contributed by atoms with Gasteiger partial charge >= 0.3 is 0 Å². The number of para-hydroxylation sites is 1. The maximum absolute atomic E-state index is 14.1. The Kier molecular flexibility index (Phi) is 4.58. The number of nitrogens with zero attached hydrogens (tertiary/aromatic N) is 2. The van der Waals surface area contributed by atoms with Crippen molar-refractivity contribution in [3.8, 4) is 0 Å². The van der Waals surface area contributed by atoms with Gasteiger partial charge in [-0.15, -0.1) is 11.0 Å². The second kappa shape index (κ2) is 6.51. The summed E-state index contributed by atoms with van der Waals surface area (Å²) in [6.45, 7) is 3.88. The van der Waals surface area contributed by atoms with Gasteiger partial charge < -0.3 is 4.57 Å². The lowest BCUT2D eigenvalue weighted by molar-refractivity contribution is 0.595. The number of hydrogen-bond donors (Lipinski definition) is 0. The third-order valence-corrected chi connectivity index (χ3v) is 5.97. The lowest BCUT2D eigenvalue weighted by Gasteiger charge is -2.02. The molecular formula is C16H12ClFN2O2S2. The van der Waals surface area contributed by atoms with Crippen LogP contribution in [-0.2, 0) is 16.6 Å². The molecule has 0 aliphatic rings. The van der Waals surface area contributed by atoms with Crippen LogP contribution in [0.1, 0.15) is 0 Å². The lowest BCUT2D eigenvalue weighted by Crippen LogP contribution is -2.17. The Morgan fingerprint density at radius 1 is 1.25 bits per heavy atom. The maximum atomic E-state index is 14.1. The summed E-state index contributed by atoms with van der Waals surface area (Å²) < 4.78 is 45.1. The summed E-state index contributed by atoms with van der Waals surface area (Å²) >= 11 is 6.89. The summed E-state index contributed by atoms with van der Waals surface area (Å²) in [5, 5.41) is 0.430. The van der Waals surface area contributed by atoms with Gasteiger partial charge in [0.1, 0.15) is 5.82 Å². The van der Waals surface area contributed by atoms with Crippen LogP contribution in [0.15, 0.2) is 64.4 Å². The third-order valence-electron chi connectivity index (χ3n) is 3.27. The van der Waals surface area contributed by atoms with Crippen LogP contribution >= 0.6 is 22.9 Å². The summed E-state index contributed by atoms with van der Waals surface area (Å²) in [5.41, 5.74) is 0.312. The molecule has 0 fully saturated rings. The molecule has 2 aromatic carbocycles. The van der Waals surface area contributed by atoms with Crippen LogP contribution in [0.2, 0.25) is 5.02 Å². The molecule has 124 valence electrons. The van der Waals surface area contributed by atoms with Gasteiger partial charge in [0.25, 0.3) is 10.0 Å². The molecule has 1 aromatic heterocycles. The standard InChI is InChI=1S/C16H12ClFN2O2S2/c1-2-10-20-15-13(18)4-3-5-14(15)23-16(20)19-24(21,22)12-8-6-11(17)7-9-12/h2-9H,1,10H2/b19-16-. The first-order valence-electron chi connectivity index (χ1n) is 6.88. The smallest absolute Gasteiger partial charge is 0.285 e. The second-order valence-electron chi connectivity index (χ2n) is 4.89. The van der Waals surface area contributed by atoms with Gasteiger partial charge in [-0.2, -0.15) is 8.42 Å². The van der Waals surface area contributed by atoms with Crippen LogP contribution in [0.4, 0.5) is 4.39 Å². The minimum Gasteiger partial charge on any atom is -0.309 e. The zero-order valence-corrected chi connectivity index (χ0v) is 14.7. The highest BCUT2D eigenvalue weighted by Gasteiger charge is 2.15. The molecule has 0 saturated carbocycles. The van der Waals surface area contributed by atoms with Gasteiger partial charge in [0.15, 0.2) is 0 Å². The van der Waals surface area contributed by atoms with Gasteiger partial charge in [0.2, 0.25) is 4.80 Å². The van der Waals surface area contributed by atoms with Gasteiger partial charge in [0.05, 0.1) is 15.1 Å². The van der Waals surface area contributed by atoms with Crippen LogP contribution < -0.4 is 4.80 Å². The largest absolute Gasteiger partial charge is 0.309 e. The van der Waals surface area contributed by atoms with Crippen molar-refractivity contribution in [2.24, 2.45) is 4.40 Å². The fourth-order valence-electron chi connectivity index (χ4n) is 2.22. The Morgan fingerprint density at radius 2 is 1.96 bits per heavy atom. The molecule has 0 N–H and O–H groups in total. The SMILES string of the molecule is C=CCn1/c(=N/S(=O)(=O)c2ccc(Cl)cc2)sc2cccc(F)c21. The minimum absolute atomic E-state index is 0.0231. The quantitative estimate of drug-likeness (QED) is 0.641. The van der Waals surface area contributed by atoms with E-state index in [2.05, 4.69) is 11.0 Å². The summed E-state index contributed by atoms with van der Waals surface area (Å²) in [4.78, 5) is 0.208. The topological polar surface area (TPSA) is 51.4 Å². The maximum Gasteiger partial charge on any atom is 0.285 e. The highest BCUT2D eigenvalue weighted by atomic mass is 35.5. The molecule has 0 unspecified atom stereocenters. The number of rotatable bonds is 4. The third kappa shape index (κ3) is 3.15. The van der Waals surface area contributed by atoms with Gasteiger partial charge in [-0.3, -0.25) is 0 Å². The van der Waals surface area contributed by atoms with E-state index < -0.39 is 15.8 Å². The first-order chi connectivity index (χ1) is 11.4. The summed E-state index contributed by atoms with van der Waals surface area (Å²) in [6.07, 6.45) is 1.56. The van der Waals surface area contributed by atoms with E-state index in [1.807, 2.05) is 0 Å². The van der Waals surface area contributed by atoms with Gasteiger partial charge in [-0.25, -0.2) is 4.39 Å². The predicted octanol–water partition coefficient (Wildman–Crippen LogP) is 3.97. The van der Waals surface area contributed by atoms with Crippen LogP contribution in [0.3, 0.4) is 0 Å². The number of allylic oxidation sites excluding steroid dienone is 1. The number of benzene rings is 2. The van der Waals surface area contributed by atoms with Crippen LogP contribution in [0.25, 0.3) is 10.2 Å². The average molecular weight is 383 g/mol. The zero-order chi connectivity index (χ0) is 17.3. The van der Waals surface area contributed by atoms with Crippen molar-refractivity contribution in [2.75, 3.05) is 0 Å². The molecule has 3 rings (SSSR count). The number of thiazole rings is 1. The van der Waals surface area contributed by atoms with Crippen molar-refractivity contribution < 1.29 is 12.8 Å². The lowest BCUT2D eigenvalue weighted by atomic mass is 10.3. The molecule has 0 atom stereocenters. The van der Waals surface area contributed by atoms with Gasteiger partial charge in [-0.1, -0.05) is 35.1 Å². The molecule has 3 aromatic rings. The Morgan fingerprint density at radius 3 is 2.62 bits per heavy atom. The van der Waals surface area contributed by atoms with Crippen LogP contribution in [0, 0.1) is 5.82 Å². The molecule has 0 radical (unpaired) electrons. The highest BCUT2D eigenvalue weighted by Crippen LogP contribution is 2.21. The number of aromatic nitrogens is 1. The molecule has 0 bridgehead atoms. The molecule has 24 heavy (non-hydrogen) atoms. The van der Waals surface area contributed by atoms with Crippen molar-refractivity contribution in [2.45, 2.75) is 11.4 Å². The van der Waals surface area contributed by atoms with Crippen molar-refractivity contribution >= 4 is 43.2 Å². The molecular weight excluding hydrogens is 371 g/mol. The normalized spacial score (nSPS) is 12.7. The molecule has 0 saturated heterocycles. The average Bonchev–Trinajstić information content (AvgIpc) is 2.86. The molecule has 0 spiro atoms. The Labute approximate surface area is 147 Å². The van der Waals surface area contributed by atoms with E-state index in [0.29, 0.717) is 15.2 Å². The predicted molar refractivity (Wildman–Crippen MR) is 94.2 cm³/mol. The van der Waals surface area contributed by atoms with Gasteiger partial charge in [0, 0.05) is 11.6 Å². The molecule has 1 heterocycles. The van der Waals surface area contributed by atoms with Crippen LogP contribution in [0.5, 0.6) is 0 Å². The Bertz CT molecular complexity index is 1080. The summed E-state index contributed by atoms with van der Waals surface area (Å²) in [6, 6.07) is 10.3. The monoisotopic (exact) mass is 382 g/mol. The van der Waals surface area contributed by atoms with E-state index in [1.54, 1.807) is 18.2 Å². The zero-order valence-electron chi connectivity index (χ0n) is 12.3. The van der Waals surface area contributed by atoms with Gasteiger partial charge in [-0.05, 0) is 36.4 Å². The van der Waals surface area contributed by atoms with E-state index >= 15 is 0 Å². The van der Waals surface area contributed by atoms with Crippen molar-refractivity contribution in [1.82, 2.24) is 4.57 Å². The fraction of sp³-hybridized carbons (Fsp3) is 0.0625. The second-order valence-corrected chi connectivity index (χ2v) is 7.94. The number of fused-ring (bicyclic) bond motifs is 1. The minimum atomic E-state index is -3.93. The van der Waals surface area contributed by atoms with E-state index in [0.717, 1.165) is 11.3 Å². The van der Waals surface area contributed by atoms with E-state index in [-0.39, 0.29) is 16.2 Å². The number of hydrogen-bond acceptors (Lipinski definition) is 3. The Balaban J connectivity index is 2.26. The number of halogens is 2. The fourth-order valence-corrected chi connectivity index (χ4v) is 4.60. The number of sulfonamides is 1. The van der Waals surface area contributed by atoms with Crippen molar-refractivity contribution in [3.63, 3.8) is 0 Å². The molecule has 4 nitrogen and oxygen atoms in total. The molecule has 0 aliphatic carbocycles. The molecule has 8 heteroatoms. The van der Waals surface area contributed by atoms with Crippen LogP contribution in [-0.4, -0.2) is 13.0 Å². The highest BCUT2D eigenvalue weighted by molar-refractivity contribution is 7.90. The Hall–Kier alpha value is -1.96. The first-order valence-corrected chi connectivity index (χ1v) is 9.51. The first kappa shape index (κ1) is 16.9. The van der Waals surface area contributed by atoms with Crippen molar-refractivity contribution in [3.05, 3.63) is 70.8 Å².